The minimum Gasteiger partial charge on any atom is -0.370 e. The van der Waals surface area contributed by atoms with Gasteiger partial charge in [0.2, 0.25) is 10.0 Å². The largest absolute Gasteiger partial charge is 0.370 e. The van der Waals surface area contributed by atoms with Gasteiger partial charge in [0.25, 0.3) is 0 Å². The lowest BCUT2D eigenvalue weighted by Crippen LogP contribution is -2.27. The standard InChI is InChI=1S/C17H21BClN5O2S/c1-23(27(2,25)26)9-5-8-20-16-10-15(12-6-3-4-7-14(12)19)22-17-13(18)11-21-24(16)17/h3-4,6-7,10-11,20H,5,8-9,18H2,1-2H3. The van der Waals surface area contributed by atoms with Crippen LogP contribution in [-0.2, 0) is 10.0 Å². The van der Waals surface area contributed by atoms with Gasteiger partial charge in [-0.15, -0.1) is 0 Å². The average Bonchev–Trinajstić information content (AvgIpc) is 2.99. The molecule has 1 N–H and O–H groups in total. The maximum absolute atomic E-state index is 11.5. The first-order chi connectivity index (χ1) is 12.8. The number of hydrogen-bond donors (Lipinski definition) is 1. The van der Waals surface area contributed by atoms with E-state index in [4.69, 9.17) is 16.6 Å². The molecule has 0 atom stereocenters. The molecular formula is C17H21BClN5O2S. The molecule has 3 rings (SSSR count). The first-order valence-electron chi connectivity index (χ1n) is 8.53. The molecule has 7 nitrogen and oxygen atoms in total. The zero-order valence-electron chi connectivity index (χ0n) is 15.5. The molecule has 0 bridgehead atoms. The molecule has 10 heteroatoms. The fourth-order valence-corrected chi connectivity index (χ4v) is 3.38. The monoisotopic (exact) mass is 405 g/mol. The number of fused-ring (bicyclic) bond motifs is 1. The van der Waals surface area contributed by atoms with E-state index in [1.165, 1.54) is 10.6 Å². The molecule has 0 saturated carbocycles. The van der Waals surface area contributed by atoms with E-state index in [9.17, 15) is 8.42 Å². The molecule has 0 fully saturated rings. The Bertz CT molecular complexity index is 1070. The molecule has 1 aromatic carbocycles. The quantitative estimate of drug-likeness (QED) is 0.469. The van der Waals surface area contributed by atoms with Crippen LogP contribution in [0.3, 0.4) is 0 Å². The normalized spacial score (nSPS) is 12.0. The van der Waals surface area contributed by atoms with Gasteiger partial charge in [0.05, 0.1) is 11.9 Å². The summed E-state index contributed by atoms with van der Waals surface area (Å²) in [5.41, 5.74) is 3.32. The minimum absolute atomic E-state index is 0.440. The highest BCUT2D eigenvalue weighted by molar-refractivity contribution is 7.88. The third-order valence-corrected chi connectivity index (χ3v) is 5.96. The second kappa shape index (κ2) is 7.88. The van der Waals surface area contributed by atoms with Crippen molar-refractivity contribution in [1.82, 2.24) is 18.9 Å². The van der Waals surface area contributed by atoms with E-state index in [2.05, 4.69) is 10.4 Å². The highest BCUT2D eigenvalue weighted by Crippen LogP contribution is 2.28. The van der Waals surface area contributed by atoms with Gasteiger partial charge in [0.1, 0.15) is 13.7 Å². The predicted octanol–water partition coefficient (Wildman–Crippen LogP) is 1.00. The number of rotatable bonds is 7. The summed E-state index contributed by atoms with van der Waals surface area (Å²) in [6.45, 7) is 1.04. The zero-order valence-corrected chi connectivity index (χ0v) is 17.0. The molecule has 0 aliphatic carbocycles. The van der Waals surface area contributed by atoms with Gasteiger partial charge in [-0.25, -0.2) is 17.7 Å². The molecular weight excluding hydrogens is 385 g/mol. The number of nitrogens with zero attached hydrogens (tertiary/aromatic N) is 4. The Kier molecular flexibility index (Phi) is 5.73. The van der Waals surface area contributed by atoms with Crippen molar-refractivity contribution >= 4 is 46.4 Å². The molecule has 0 radical (unpaired) electrons. The molecule has 2 heterocycles. The van der Waals surface area contributed by atoms with Crippen LogP contribution in [0.25, 0.3) is 16.9 Å². The molecule has 3 aromatic rings. The van der Waals surface area contributed by atoms with Gasteiger partial charge in [0, 0.05) is 43.0 Å². The zero-order chi connectivity index (χ0) is 19.6. The Hall–Kier alpha value is -2.10. The lowest BCUT2D eigenvalue weighted by molar-refractivity contribution is 0.470. The number of halogens is 1. The summed E-state index contributed by atoms with van der Waals surface area (Å²) < 4.78 is 26.0. The van der Waals surface area contributed by atoms with Crippen molar-refractivity contribution in [1.29, 1.82) is 0 Å². The summed E-state index contributed by atoms with van der Waals surface area (Å²) in [5.74, 6) is 0.782. The number of nitrogens with one attached hydrogen (secondary N) is 1. The first kappa shape index (κ1) is 19.7. The SMILES string of the molecule is Bc1cnn2c(NCCCN(C)S(C)(=O)=O)cc(-c3ccccc3Cl)nc12. The van der Waals surface area contributed by atoms with Crippen LogP contribution in [-0.4, -0.2) is 61.6 Å². The van der Waals surface area contributed by atoms with E-state index in [-0.39, 0.29) is 0 Å². The van der Waals surface area contributed by atoms with Gasteiger partial charge in [-0.05, 0) is 17.9 Å². The second-order valence-electron chi connectivity index (χ2n) is 6.43. The Morgan fingerprint density at radius 2 is 2.07 bits per heavy atom. The topological polar surface area (TPSA) is 79.6 Å². The van der Waals surface area contributed by atoms with Crippen molar-refractivity contribution in [3.05, 3.63) is 41.6 Å². The summed E-state index contributed by atoms with van der Waals surface area (Å²) in [6.07, 6.45) is 3.63. The lowest BCUT2D eigenvalue weighted by atomic mass is 10.0. The third kappa shape index (κ3) is 4.43. The summed E-state index contributed by atoms with van der Waals surface area (Å²) in [4.78, 5) is 4.70. The van der Waals surface area contributed by atoms with Crippen LogP contribution >= 0.6 is 11.6 Å². The summed E-state index contributed by atoms with van der Waals surface area (Å²) in [6, 6.07) is 9.47. The third-order valence-electron chi connectivity index (χ3n) is 4.32. The Morgan fingerprint density at radius 3 is 2.78 bits per heavy atom. The fourth-order valence-electron chi connectivity index (χ4n) is 2.69. The molecule has 0 unspecified atom stereocenters. The van der Waals surface area contributed by atoms with Crippen molar-refractivity contribution in [3.8, 4) is 11.3 Å². The predicted molar refractivity (Wildman–Crippen MR) is 112 cm³/mol. The Morgan fingerprint density at radius 1 is 1.33 bits per heavy atom. The van der Waals surface area contributed by atoms with Gasteiger partial charge in [-0.1, -0.05) is 29.8 Å². The van der Waals surface area contributed by atoms with Crippen LogP contribution in [0.15, 0.2) is 36.5 Å². The number of benzene rings is 1. The van der Waals surface area contributed by atoms with Crippen molar-refractivity contribution in [2.75, 3.05) is 31.7 Å². The average molecular weight is 406 g/mol. The van der Waals surface area contributed by atoms with Crippen molar-refractivity contribution < 1.29 is 8.42 Å². The molecule has 27 heavy (non-hydrogen) atoms. The Balaban J connectivity index is 1.85. The fraction of sp³-hybridized carbons (Fsp3) is 0.294. The lowest BCUT2D eigenvalue weighted by Gasteiger charge is -2.15. The first-order valence-corrected chi connectivity index (χ1v) is 10.8. The number of hydrogen-bond acceptors (Lipinski definition) is 5. The molecule has 2 aromatic heterocycles. The molecule has 142 valence electrons. The van der Waals surface area contributed by atoms with Crippen LogP contribution in [0.5, 0.6) is 0 Å². The van der Waals surface area contributed by atoms with Gasteiger partial charge in [-0.3, -0.25) is 0 Å². The van der Waals surface area contributed by atoms with Crippen molar-refractivity contribution in [3.63, 3.8) is 0 Å². The number of sulfonamides is 1. The molecule has 0 spiro atoms. The Labute approximate surface area is 164 Å². The van der Waals surface area contributed by atoms with Crippen LogP contribution in [0.2, 0.25) is 5.02 Å². The van der Waals surface area contributed by atoms with Gasteiger partial charge < -0.3 is 5.32 Å². The molecule has 0 aliphatic heterocycles. The van der Waals surface area contributed by atoms with Gasteiger partial charge in [-0.2, -0.15) is 9.61 Å². The summed E-state index contributed by atoms with van der Waals surface area (Å²) in [7, 11) is 0.367. The van der Waals surface area contributed by atoms with E-state index in [1.54, 1.807) is 17.8 Å². The van der Waals surface area contributed by atoms with E-state index in [1.807, 2.05) is 38.2 Å². The number of anilines is 1. The van der Waals surface area contributed by atoms with Crippen LogP contribution in [0.4, 0.5) is 5.82 Å². The second-order valence-corrected chi connectivity index (χ2v) is 8.93. The van der Waals surface area contributed by atoms with Gasteiger partial charge >= 0.3 is 0 Å². The maximum atomic E-state index is 11.5. The number of aromatic nitrogens is 3. The van der Waals surface area contributed by atoms with Crippen LogP contribution in [0.1, 0.15) is 6.42 Å². The molecule has 0 aliphatic rings. The van der Waals surface area contributed by atoms with Crippen LogP contribution in [0, 0.1) is 0 Å². The van der Waals surface area contributed by atoms with Gasteiger partial charge in [0.15, 0.2) is 5.65 Å². The smallest absolute Gasteiger partial charge is 0.210 e. The van der Waals surface area contributed by atoms with Crippen molar-refractivity contribution in [2.45, 2.75) is 6.42 Å². The minimum atomic E-state index is -3.16. The van der Waals surface area contributed by atoms with E-state index < -0.39 is 10.0 Å². The molecule has 0 amide bonds. The highest BCUT2D eigenvalue weighted by Gasteiger charge is 2.13. The van der Waals surface area contributed by atoms with Crippen molar-refractivity contribution in [2.24, 2.45) is 0 Å². The van der Waals surface area contributed by atoms with E-state index in [0.717, 1.165) is 28.2 Å². The van der Waals surface area contributed by atoms with E-state index in [0.29, 0.717) is 24.5 Å². The molecule has 0 saturated heterocycles. The van der Waals surface area contributed by atoms with E-state index >= 15 is 0 Å². The highest BCUT2D eigenvalue weighted by atomic mass is 35.5. The summed E-state index contributed by atoms with van der Waals surface area (Å²) >= 11 is 6.34. The maximum Gasteiger partial charge on any atom is 0.210 e. The summed E-state index contributed by atoms with van der Waals surface area (Å²) in [5, 5.41) is 8.35. The van der Waals surface area contributed by atoms with Crippen LogP contribution < -0.4 is 10.8 Å².